The van der Waals surface area contributed by atoms with Gasteiger partial charge in [-0.3, -0.25) is 4.79 Å². The molecule has 0 aromatic rings. The lowest BCUT2D eigenvalue weighted by atomic mass is 9.96. The average molecular weight is 277 g/mol. The second kappa shape index (κ2) is 11.2. The Labute approximate surface area is 115 Å². The van der Waals surface area contributed by atoms with Crippen molar-refractivity contribution in [3.8, 4) is 0 Å². The summed E-state index contributed by atoms with van der Waals surface area (Å²) in [4.78, 5) is 11.1. The number of nitrogens with one attached hydrogen (secondary N) is 1. The molecule has 0 aliphatic rings. The molecule has 0 fully saturated rings. The van der Waals surface area contributed by atoms with Gasteiger partial charge < -0.3 is 24.6 Å². The molecule has 0 aliphatic carbocycles. The summed E-state index contributed by atoms with van der Waals surface area (Å²) in [7, 11) is 1.63. The lowest BCUT2D eigenvalue weighted by molar-refractivity contribution is -0.144. The van der Waals surface area contributed by atoms with Crippen molar-refractivity contribution >= 4 is 5.97 Å². The average Bonchev–Trinajstić information content (AvgIpc) is 2.37. The number of hydrogen-bond acceptors (Lipinski definition) is 5. The van der Waals surface area contributed by atoms with Crippen molar-refractivity contribution in [3.63, 3.8) is 0 Å². The van der Waals surface area contributed by atoms with Gasteiger partial charge in [0.1, 0.15) is 5.54 Å². The molecular weight excluding hydrogens is 250 g/mol. The van der Waals surface area contributed by atoms with E-state index in [2.05, 4.69) is 5.32 Å². The minimum Gasteiger partial charge on any atom is -0.480 e. The molecule has 0 spiro atoms. The molecule has 0 aromatic heterocycles. The van der Waals surface area contributed by atoms with Crippen LogP contribution in [-0.4, -0.2) is 63.3 Å². The predicted molar refractivity (Wildman–Crippen MR) is 72.5 cm³/mol. The molecule has 0 heterocycles. The van der Waals surface area contributed by atoms with Crippen LogP contribution >= 0.6 is 0 Å². The number of methoxy groups -OCH3 is 1. The van der Waals surface area contributed by atoms with Gasteiger partial charge in [-0.25, -0.2) is 0 Å². The van der Waals surface area contributed by atoms with Crippen molar-refractivity contribution in [1.82, 2.24) is 5.32 Å². The van der Waals surface area contributed by atoms with Crippen LogP contribution in [0, 0.1) is 0 Å². The molecule has 6 nitrogen and oxygen atoms in total. The number of carboxylic acids is 1. The summed E-state index contributed by atoms with van der Waals surface area (Å²) in [5.41, 5.74) is -0.868. The normalized spacial score (nSPS) is 14.3. The van der Waals surface area contributed by atoms with E-state index in [4.69, 9.17) is 19.3 Å². The Morgan fingerprint density at radius 1 is 1.16 bits per heavy atom. The van der Waals surface area contributed by atoms with Gasteiger partial charge in [0, 0.05) is 13.7 Å². The van der Waals surface area contributed by atoms with Crippen LogP contribution < -0.4 is 5.32 Å². The van der Waals surface area contributed by atoms with E-state index < -0.39 is 11.5 Å². The summed E-state index contributed by atoms with van der Waals surface area (Å²) >= 11 is 0. The van der Waals surface area contributed by atoms with Gasteiger partial charge in [-0.2, -0.15) is 0 Å². The van der Waals surface area contributed by atoms with Crippen molar-refractivity contribution in [3.05, 3.63) is 0 Å². The number of carbonyl (C=O) groups is 1. The van der Waals surface area contributed by atoms with Crippen LogP contribution in [0.25, 0.3) is 0 Å². The van der Waals surface area contributed by atoms with Gasteiger partial charge in [0.05, 0.1) is 26.4 Å². The van der Waals surface area contributed by atoms with Gasteiger partial charge in [0.15, 0.2) is 0 Å². The largest absolute Gasteiger partial charge is 0.480 e. The first-order valence-corrected chi connectivity index (χ1v) is 6.69. The van der Waals surface area contributed by atoms with E-state index in [1.807, 2.05) is 6.92 Å². The maximum absolute atomic E-state index is 11.1. The number of likely N-dealkylation sites (N-methyl/N-ethyl adjacent to an activating group) is 1. The van der Waals surface area contributed by atoms with E-state index >= 15 is 0 Å². The van der Waals surface area contributed by atoms with E-state index in [1.54, 1.807) is 14.0 Å². The van der Waals surface area contributed by atoms with Crippen molar-refractivity contribution < 1.29 is 24.1 Å². The summed E-state index contributed by atoms with van der Waals surface area (Å²) in [6.07, 6.45) is 1.24. The molecule has 6 heteroatoms. The van der Waals surface area contributed by atoms with E-state index in [9.17, 15) is 4.79 Å². The summed E-state index contributed by atoms with van der Waals surface area (Å²) in [6.45, 7) is 6.99. The zero-order valence-corrected chi connectivity index (χ0v) is 12.2. The molecule has 0 amide bonds. The molecule has 0 saturated heterocycles. The fourth-order valence-corrected chi connectivity index (χ4v) is 1.65. The molecule has 0 aliphatic heterocycles. The third-order valence-electron chi connectivity index (χ3n) is 2.81. The molecule has 19 heavy (non-hydrogen) atoms. The zero-order chi connectivity index (χ0) is 14.6. The fraction of sp³-hybridized carbons (Fsp3) is 0.923. The first-order chi connectivity index (χ1) is 9.06. The summed E-state index contributed by atoms with van der Waals surface area (Å²) in [6, 6.07) is 0. The minimum absolute atomic E-state index is 0.523. The monoisotopic (exact) mass is 277 g/mol. The highest BCUT2D eigenvalue weighted by Crippen LogP contribution is 2.12. The van der Waals surface area contributed by atoms with Crippen LogP contribution in [0.15, 0.2) is 0 Å². The number of hydrogen-bond donors (Lipinski definition) is 2. The maximum atomic E-state index is 11.1. The van der Waals surface area contributed by atoms with Crippen LogP contribution in [-0.2, 0) is 19.0 Å². The Morgan fingerprint density at radius 2 is 1.74 bits per heavy atom. The summed E-state index contributed by atoms with van der Waals surface area (Å²) in [5.74, 6) is -0.822. The molecule has 114 valence electrons. The second-order valence-electron chi connectivity index (χ2n) is 4.49. The Bertz CT molecular complexity index is 237. The molecule has 2 N–H and O–H groups in total. The van der Waals surface area contributed by atoms with Crippen LogP contribution in [0.5, 0.6) is 0 Å². The quantitative estimate of drug-likeness (QED) is 0.487. The van der Waals surface area contributed by atoms with Gasteiger partial charge in [-0.15, -0.1) is 0 Å². The summed E-state index contributed by atoms with van der Waals surface area (Å²) in [5, 5.41) is 12.1. The number of aliphatic carboxylic acids is 1. The second-order valence-corrected chi connectivity index (χ2v) is 4.49. The Morgan fingerprint density at radius 3 is 2.26 bits per heavy atom. The lowest BCUT2D eigenvalue weighted by Crippen LogP contribution is -2.49. The smallest absolute Gasteiger partial charge is 0.323 e. The third kappa shape index (κ3) is 8.93. The van der Waals surface area contributed by atoms with Crippen molar-refractivity contribution in [2.75, 3.05) is 46.7 Å². The van der Waals surface area contributed by atoms with Crippen LogP contribution in [0.4, 0.5) is 0 Å². The molecule has 0 saturated carbocycles. The topological polar surface area (TPSA) is 77.0 Å². The molecular formula is C13H27NO5. The molecule has 1 unspecified atom stereocenters. The first kappa shape index (κ1) is 18.3. The lowest BCUT2D eigenvalue weighted by Gasteiger charge is -2.25. The van der Waals surface area contributed by atoms with Gasteiger partial charge in [0.25, 0.3) is 0 Å². The fourth-order valence-electron chi connectivity index (χ4n) is 1.65. The number of rotatable bonds is 13. The Hall–Kier alpha value is -0.690. The van der Waals surface area contributed by atoms with Gasteiger partial charge >= 0.3 is 5.97 Å². The number of carboxylic acid groups (broad SMARTS) is 1. The zero-order valence-electron chi connectivity index (χ0n) is 12.2. The minimum atomic E-state index is -0.868. The highest BCUT2D eigenvalue weighted by molar-refractivity contribution is 5.78. The first-order valence-electron chi connectivity index (χ1n) is 6.69. The van der Waals surface area contributed by atoms with Gasteiger partial charge in [0.2, 0.25) is 0 Å². The Balaban J connectivity index is 3.53. The van der Waals surface area contributed by atoms with Gasteiger partial charge in [-0.1, -0.05) is 6.92 Å². The van der Waals surface area contributed by atoms with Crippen LogP contribution in [0.2, 0.25) is 0 Å². The summed E-state index contributed by atoms with van der Waals surface area (Å²) < 4.78 is 15.5. The molecule has 0 aromatic carbocycles. The molecule has 1 atom stereocenters. The standard InChI is InChI=1S/C13H27NO5/c1-4-14-13(2,12(15)16)6-5-7-18-10-11-19-9-8-17-3/h14H,4-11H2,1-3H3,(H,15,16). The maximum Gasteiger partial charge on any atom is 0.323 e. The van der Waals surface area contributed by atoms with Crippen LogP contribution in [0.1, 0.15) is 26.7 Å². The van der Waals surface area contributed by atoms with Crippen molar-refractivity contribution in [2.45, 2.75) is 32.2 Å². The third-order valence-corrected chi connectivity index (χ3v) is 2.81. The van der Waals surface area contributed by atoms with E-state index in [1.165, 1.54) is 0 Å². The van der Waals surface area contributed by atoms with E-state index in [-0.39, 0.29) is 0 Å². The van der Waals surface area contributed by atoms with E-state index in [0.717, 1.165) is 0 Å². The number of ether oxygens (including phenoxy) is 3. The van der Waals surface area contributed by atoms with Crippen molar-refractivity contribution in [1.29, 1.82) is 0 Å². The highest BCUT2D eigenvalue weighted by Gasteiger charge is 2.30. The SMILES string of the molecule is CCNC(C)(CCCOCCOCCOC)C(=O)O. The molecule has 0 radical (unpaired) electrons. The highest BCUT2D eigenvalue weighted by atomic mass is 16.5. The van der Waals surface area contributed by atoms with Gasteiger partial charge in [-0.05, 0) is 26.3 Å². The van der Waals surface area contributed by atoms with Crippen molar-refractivity contribution in [2.24, 2.45) is 0 Å². The van der Waals surface area contributed by atoms with E-state index in [0.29, 0.717) is 52.4 Å². The molecule has 0 bridgehead atoms. The molecule has 0 rings (SSSR count). The predicted octanol–water partition coefficient (Wildman–Crippen LogP) is 0.899. The Kier molecular flexibility index (Phi) is 10.8. The van der Waals surface area contributed by atoms with Crippen LogP contribution in [0.3, 0.4) is 0 Å².